The average Bonchev–Trinajstić information content (AvgIpc) is 3.32. The summed E-state index contributed by atoms with van der Waals surface area (Å²) >= 11 is 1.38. The molecule has 0 atom stereocenters. The molecule has 2 aromatic carbocycles. The van der Waals surface area contributed by atoms with Crippen molar-refractivity contribution < 1.29 is 18.7 Å². The summed E-state index contributed by atoms with van der Waals surface area (Å²) in [5, 5.41) is 4.86. The first-order valence-corrected chi connectivity index (χ1v) is 10.7. The lowest BCUT2D eigenvalue weighted by atomic mass is 10.1. The Kier molecular flexibility index (Phi) is 5.86. The van der Waals surface area contributed by atoms with Crippen molar-refractivity contribution in [3.63, 3.8) is 0 Å². The number of amides is 2. The van der Waals surface area contributed by atoms with Gasteiger partial charge in [-0.3, -0.25) is 14.5 Å². The first-order chi connectivity index (χ1) is 14.9. The van der Waals surface area contributed by atoms with Gasteiger partial charge in [-0.05, 0) is 72.8 Å². The molecule has 5 nitrogen and oxygen atoms in total. The van der Waals surface area contributed by atoms with Crippen LogP contribution in [0.3, 0.4) is 0 Å². The van der Waals surface area contributed by atoms with Gasteiger partial charge in [-0.15, -0.1) is 11.3 Å². The quantitative estimate of drug-likeness (QED) is 0.542. The van der Waals surface area contributed by atoms with Gasteiger partial charge in [0.1, 0.15) is 23.9 Å². The molecule has 1 aromatic heterocycles. The lowest BCUT2D eigenvalue weighted by molar-refractivity contribution is -0.137. The van der Waals surface area contributed by atoms with Gasteiger partial charge in [0.2, 0.25) is 0 Å². The predicted octanol–water partition coefficient (Wildman–Crippen LogP) is 4.78. The number of nitrogens with zero attached hydrogens (tertiary/aromatic N) is 1. The summed E-state index contributed by atoms with van der Waals surface area (Å²) in [6, 6.07) is 15.1. The number of rotatable bonds is 7. The van der Waals surface area contributed by atoms with E-state index in [2.05, 4.69) is 5.32 Å². The number of aryl methyl sites for hydroxylation is 2. The second kappa shape index (κ2) is 8.73. The molecule has 0 unspecified atom stereocenters. The van der Waals surface area contributed by atoms with E-state index in [9.17, 15) is 14.0 Å². The van der Waals surface area contributed by atoms with Gasteiger partial charge in [0.25, 0.3) is 11.8 Å². The number of imide groups is 1. The third-order valence-electron chi connectivity index (χ3n) is 4.83. The number of anilines is 1. The van der Waals surface area contributed by atoms with E-state index in [4.69, 9.17) is 4.74 Å². The molecule has 0 radical (unpaired) electrons. The number of hydrogen-bond donors (Lipinski definition) is 1. The topological polar surface area (TPSA) is 58.6 Å². The highest BCUT2D eigenvalue weighted by molar-refractivity contribution is 7.11. The van der Waals surface area contributed by atoms with Crippen LogP contribution < -0.4 is 10.1 Å². The van der Waals surface area contributed by atoms with E-state index < -0.39 is 5.91 Å². The van der Waals surface area contributed by atoms with E-state index >= 15 is 0 Å². The van der Waals surface area contributed by atoms with Gasteiger partial charge in [0, 0.05) is 10.6 Å². The van der Waals surface area contributed by atoms with Crippen molar-refractivity contribution in [2.24, 2.45) is 0 Å². The van der Waals surface area contributed by atoms with Gasteiger partial charge in [0.15, 0.2) is 0 Å². The maximum atomic E-state index is 13.2. The molecule has 0 bridgehead atoms. The van der Waals surface area contributed by atoms with Crippen LogP contribution in [0, 0.1) is 19.7 Å². The molecule has 3 aromatic rings. The minimum atomic E-state index is -0.429. The minimum absolute atomic E-state index is 0.119. The number of ether oxygens (including phenoxy) is 1. The molecule has 7 heteroatoms. The SMILES string of the molecule is Cc1cc(C)cc(OCCN2C(=O)C(Nc3ccc(F)cc3)=C(c3cccs3)C2=O)c1. The maximum absolute atomic E-state index is 13.2. The Morgan fingerprint density at radius 3 is 2.35 bits per heavy atom. The van der Waals surface area contributed by atoms with E-state index in [1.165, 1.54) is 40.5 Å². The zero-order valence-corrected chi connectivity index (χ0v) is 18.0. The Morgan fingerprint density at radius 2 is 1.71 bits per heavy atom. The van der Waals surface area contributed by atoms with Crippen molar-refractivity contribution in [3.05, 3.63) is 87.5 Å². The largest absolute Gasteiger partial charge is 0.492 e. The number of hydrogen-bond acceptors (Lipinski definition) is 5. The lowest BCUT2D eigenvalue weighted by Gasteiger charge is -2.16. The molecule has 0 aliphatic carbocycles. The minimum Gasteiger partial charge on any atom is -0.492 e. The fourth-order valence-corrected chi connectivity index (χ4v) is 4.26. The molecule has 31 heavy (non-hydrogen) atoms. The molecule has 1 aliphatic rings. The second-order valence-corrected chi connectivity index (χ2v) is 8.24. The zero-order chi connectivity index (χ0) is 22.0. The molecule has 2 heterocycles. The van der Waals surface area contributed by atoms with E-state index in [0.29, 0.717) is 21.9 Å². The molecule has 0 saturated carbocycles. The Hall–Kier alpha value is -3.45. The molecule has 0 saturated heterocycles. The highest BCUT2D eigenvalue weighted by atomic mass is 32.1. The van der Waals surface area contributed by atoms with Crippen LogP contribution in [0.25, 0.3) is 5.57 Å². The van der Waals surface area contributed by atoms with Crippen molar-refractivity contribution in [2.45, 2.75) is 13.8 Å². The lowest BCUT2D eigenvalue weighted by Crippen LogP contribution is -2.36. The van der Waals surface area contributed by atoms with Gasteiger partial charge >= 0.3 is 0 Å². The maximum Gasteiger partial charge on any atom is 0.278 e. The van der Waals surface area contributed by atoms with Gasteiger partial charge in [-0.1, -0.05) is 12.1 Å². The Balaban J connectivity index is 1.54. The zero-order valence-electron chi connectivity index (χ0n) is 17.1. The van der Waals surface area contributed by atoms with E-state index in [1.807, 2.05) is 43.5 Å². The van der Waals surface area contributed by atoms with Crippen molar-refractivity contribution in [2.75, 3.05) is 18.5 Å². The normalized spacial score (nSPS) is 13.8. The van der Waals surface area contributed by atoms with Crippen molar-refractivity contribution in [3.8, 4) is 5.75 Å². The van der Waals surface area contributed by atoms with Crippen molar-refractivity contribution >= 4 is 34.4 Å². The monoisotopic (exact) mass is 436 g/mol. The van der Waals surface area contributed by atoms with Crippen LogP contribution in [-0.2, 0) is 9.59 Å². The van der Waals surface area contributed by atoms with Gasteiger partial charge in [0.05, 0.1) is 12.1 Å². The Labute approximate surface area is 183 Å². The van der Waals surface area contributed by atoms with Crippen molar-refractivity contribution in [1.29, 1.82) is 0 Å². The number of benzene rings is 2. The van der Waals surface area contributed by atoms with Gasteiger partial charge in [-0.25, -0.2) is 4.39 Å². The van der Waals surface area contributed by atoms with Crippen LogP contribution in [0.2, 0.25) is 0 Å². The van der Waals surface area contributed by atoms with Crippen LogP contribution in [0.4, 0.5) is 10.1 Å². The van der Waals surface area contributed by atoms with Crippen LogP contribution in [0.5, 0.6) is 5.75 Å². The summed E-state index contributed by atoms with van der Waals surface area (Å²) in [6.07, 6.45) is 0. The average molecular weight is 437 g/mol. The summed E-state index contributed by atoms with van der Waals surface area (Å²) in [4.78, 5) is 28.1. The molecule has 4 rings (SSSR count). The molecular weight excluding hydrogens is 415 g/mol. The number of carbonyl (C=O) groups excluding carboxylic acids is 2. The Bertz CT molecular complexity index is 1130. The number of carbonyl (C=O) groups is 2. The molecule has 0 spiro atoms. The first kappa shape index (κ1) is 20.8. The molecule has 158 valence electrons. The second-order valence-electron chi connectivity index (χ2n) is 7.29. The molecular formula is C24H21FN2O3S. The van der Waals surface area contributed by atoms with E-state index in [1.54, 1.807) is 6.07 Å². The third-order valence-corrected chi connectivity index (χ3v) is 5.72. The molecule has 0 fully saturated rings. The van der Waals surface area contributed by atoms with E-state index in [0.717, 1.165) is 11.1 Å². The smallest absolute Gasteiger partial charge is 0.278 e. The third kappa shape index (κ3) is 4.51. The fraction of sp³-hybridized carbons (Fsp3) is 0.167. The molecule has 2 amide bonds. The summed E-state index contributed by atoms with van der Waals surface area (Å²) < 4.78 is 19.0. The summed E-state index contributed by atoms with van der Waals surface area (Å²) in [6.45, 7) is 4.27. The summed E-state index contributed by atoms with van der Waals surface area (Å²) in [5.74, 6) is -0.479. The van der Waals surface area contributed by atoms with Crippen LogP contribution in [0.15, 0.2) is 65.7 Å². The van der Waals surface area contributed by atoms with Crippen LogP contribution >= 0.6 is 11.3 Å². The number of halogens is 1. The molecule has 1 N–H and O–H groups in total. The van der Waals surface area contributed by atoms with Gasteiger partial charge < -0.3 is 10.1 Å². The number of thiophene rings is 1. The number of nitrogens with one attached hydrogen (secondary N) is 1. The first-order valence-electron chi connectivity index (χ1n) is 9.80. The standard InChI is InChI=1S/C24H21FN2O3S/c1-15-12-16(2)14-19(13-15)30-10-9-27-23(28)21(20-4-3-11-31-20)22(24(27)29)26-18-7-5-17(25)6-8-18/h3-8,11-14,26H,9-10H2,1-2H3. The highest BCUT2D eigenvalue weighted by Gasteiger charge is 2.39. The fourth-order valence-electron chi connectivity index (χ4n) is 3.49. The summed E-state index contributed by atoms with van der Waals surface area (Å²) in [7, 11) is 0. The van der Waals surface area contributed by atoms with Crippen LogP contribution in [-0.4, -0.2) is 29.9 Å². The van der Waals surface area contributed by atoms with Crippen LogP contribution in [0.1, 0.15) is 16.0 Å². The Morgan fingerprint density at radius 1 is 1.00 bits per heavy atom. The van der Waals surface area contributed by atoms with E-state index in [-0.39, 0.29) is 30.6 Å². The van der Waals surface area contributed by atoms with Gasteiger partial charge in [-0.2, -0.15) is 0 Å². The highest BCUT2D eigenvalue weighted by Crippen LogP contribution is 2.32. The molecule has 1 aliphatic heterocycles. The summed E-state index contributed by atoms with van der Waals surface area (Å²) in [5.41, 5.74) is 3.19. The predicted molar refractivity (Wildman–Crippen MR) is 119 cm³/mol. The van der Waals surface area contributed by atoms with Crippen molar-refractivity contribution in [1.82, 2.24) is 4.90 Å².